The number of halogens is 1. The Labute approximate surface area is 137 Å². The summed E-state index contributed by atoms with van der Waals surface area (Å²) in [5.41, 5.74) is 0.864. The molecule has 21 heavy (non-hydrogen) atoms. The summed E-state index contributed by atoms with van der Waals surface area (Å²) in [6.45, 7) is 3.85. The van der Waals surface area contributed by atoms with E-state index in [2.05, 4.69) is 26.2 Å². The van der Waals surface area contributed by atoms with Gasteiger partial charge in [-0.3, -0.25) is 0 Å². The fraction of sp³-hybridized carbons (Fsp3) is 0.385. The van der Waals surface area contributed by atoms with E-state index in [9.17, 15) is 8.42 Å². The summed E-state index contributed by atoms with van der Waals surface area (Å²) in [6, 6.07) is 3.61. The zero-order valence-electron chi connectivity index (χ0n) is 11.9. The van der Waals surface area contributed by atoms with Crippen LogP contribution in [0.3, 0.4) is 0 Å². The van der Waals surface area contributed by atoms with E-state index in [4.69, 9.17) is 0 Å². The minimum Gasteiger partial charge on any atom is -0.363 e. The molecule has 0 fully saturated rings. The van der Waals surface area contributed by atoms with Gasteiger partial charge in [-0.15, -0.1) is 11.3 Å². The molecular weight excluding hydrogens is 374 g/mol. The van der Waals surface area contributed by atoms with E-state index < -0.39 is 10.0 Å². The number of aromatic amines is 1. The number of rotatable bonds is 7. The molecule has 0 saturated heterocycles. The Kier molecular flexibility index (Phi) is 5.61. The quantitative estimate of drug-likeness (QED) is 0.762. The summed E-state index contributed by atoms with van der Waals surface area (Å²) < 4.78 is 27.4. The van der Waals surface area contributed by atoms with Crippen molar-refractivity contribution in [2.24, 2.45) is 0 Å². The zero-order chi connectivity index (χ0) is 15.5. The third kappa shape index (κ3) is 4.17. The van der Waals surface area contributed by atoms with Crippen molar-refractivity contribution in [2.45, 2.75) is 24.9 Å². The second-order valence-corrected chi connectivity index (χ2v) is 8.59. The van der Waals surface area contributed by atoms with Gasteiger partial charge < -0.3 is 10.3 Å². The highest BCUT2D eigenvalue weighted by Crippen LogP contribution is 2.23. The maximum Gasteiger partial charge on any atom is 0.244 e. The van der Waals surface area contributed by atoms with Gasteiger partial charge in [-0.05, 0) is 34.6 Å². The van der Waals surface area contributed by atoms with Gasteiger partial charge in [0.25, 0.3) is 0 Å². The fourth-order valence-electron chi connectivity index (χ4n) is 1.85. The van der Waals surface area contributed by atoms with Crippen molar-refractivity contribution >= 4 is 37.3 Å². The number of hydrogen-bond acceptors (Lipinski definition) is 4. The van der Waals surface area contributed by atoms with Gasteiger partial charge in [0.05, 0.1) is 4.90 Å². The van der Waals surface area contributed by atoms with Gasteiger partial charge >= 0.3 is 0 Å². The van der Waals surface area contributed by atoms with Crippen LogP contribution in [-0.2, 0) is 23.1 Å². The zero-order valence-corrected chi connectivity index (χ0v) is 15.1. The third-order valence-electron chi connectivity index (χ3n) is 2.99. The average molecular weight is 392 g/mol. The van der Waals surface area contributed by atoms with Crippen molar-refractivity contribution in [1.29, 1.82) is 0 Å². The van der Waals surface area contributed by atoms with Crippen LogP contribution in [0, 0.1) is 0 Å². The molecule has 0 spiro atoms. The molecule has 0 atom stereocenters. The van der Waals surface area contributed by atoms with Crippen LogP contribution in [0.4, 0.5) is 0 Å². The molecule has 0 bridgehead atoms. The summed E-state index contributed by atoms with van der Waals surface area (Å²) in [5, 5.41) is 5.10. The molecule has 5 nitrogen and oxygen atoms in total. The van der Waals surface area contributed by atoms with E-state index in [1.807, 2.05) is 18.4 Å². The molecule has 0 aliphatic rings. The fourth-order valence-corrected chi connectivity index (χ4v) is 4.60. The highest BCUT2D eigenvalue weighted by molar-refractivity contribution is 9.10. The average Bonchev–Trinajstić information content (AvgIpc) is 3.06. The molecule has 0 aliphatic heterocycles. The van der Waals surface area contributed by atoms with Gasteiger partial charge in [0.15, 0.2) is 0 Å². The van der Waals surface area contributed by atoms with E-state index in [-0.39, 0.29) is 0 Å². The minimum atomic E-state index is -3.47. The summed E-state index contributed by atoms with van der Waals surface area (Å²) in [5.74, 6) is 0. The number of aromatic nitrogens is 1. The Morgan fingerprint density at radius 2 is 2.19 bits per heavy atom. The lowest BCUT2D eigenvalue weighted by atomic mass is 10.4. The molecular formula is C13H18BrN3O2S2. The Balaban J connectivity index is 2.11. The first-order valence-corrected chi connectivity index (χ1v) is 9.62. The lowest BCUT2D eigenvalue weighted by Crippen LogP contribution is -2.25. The molecule has 2 aromatic heterocycles. The summed E-state index contributed by atoms with van der Waals surface area (Å²) in [4.78, 5) is 4.29. The molecule has 2 rings (SSSR count). The van der Waals surface area contributed by atoms with Crippen LogP contribution in [0.15, 0.2) is 33.1 Å². The molecule has 116 valence electrons. The van der Waals surface area contributed by atoms with E-state index in [0.717, 1.165) is 21.6 Å². The van der Waals surface area contributed by atoms with Gasteiger partial charge in [-0.1, -0.05) is 6.92 Å². The molecule has 0 amide bonds. The number of sulfonamides is 1. The number of H-pyrrole nitrogens is 1. The van der Waals surface area contributed by atoms with Crippen molar-refractivity contribution in [3.8, 4) is 0 Å². The second kappa shape index (κ2) is 7.06. The van der Waals surface area contributed by atoms with Crippen LogP contribution in [0.5, 0.6) is 0 Å². The van der Waals surface area contributed by atoms with Crippen LogP contribution in [0.1, 0.15) is 17.5 Å². The van der Waals surface area contributed by atoms with E-state index in [1.54, 1.807) is 19.3 Å². The second-order valence-electron chi connectivity index (χ2n) is 4.63. The van der Waals surface area contributed by atoms with Crippen LogP contribution >= 0.6 is 27.3 Å². The van der Waals surface area contributed by atoms with Gasteiger partial charge in [0.2, 0.25) is 10.0 Å². The molecule has 2 aromatic rings. The Morgan fingerprint density at radius 3 is 2.81 bits per heavy atom. The monoisotopic (exact) mass is 391 g/mol. The van der Waals surface area contributed by atoms with Gasteiger partial charge in [0, 0.05) is 46.8 Å². The van der Waals surface area contributed by atoms with Crippen LogP contribution in [0.25, 0.3) is 0 Å². The number of hydrogen-bond donors (Lipinski definition) is 2. The van der Waals surface area contributed by atoms with Crippen LogP contribution in [0.2, 0.25) is 0 Å². The number of nitrogens with one attached hydrogen (secondary N) is 2. The first kappa shape index (κ1) is 16.7. The third-order valence-corrected chi connectivity index (χ3v) is 6.45. The molecule has 0 unspecified atom stereocenters. The SMILES string of the molecule is CCNCc1cc(S(=O)(=O)N(C)Cc2cc(Br)cs2)c[nH]1. The van der Waals surface area contributed by atoms with E-state index >= 15 is 0 Å². The topological polar surface area (TPSA) is 65.2 Å². The smallest absolute Gasteiger partial charge is 0.244 e. The maximum atomic E-state index is 12.5. The van der Waals surface area contributed by atoms with Crippen molar-refractivity contribution in [2.75, 3.05) is 13.6 Å². The summed E-state index contributed by atoms with van der Waals surface area (Å²) >= 11 is 4.91. The van der Waals surface area contributed by atoms with Gasteiger partial charge in [-0.2, -0.15) is 4.31 Å². The largest absolute Gasteiger partial charge is 0.363 e. The first-order valence-electron chi connectivity index (χ1n) is 6.50. The lowest BCUT2D eigenvalue weighted by molar-refractivity contribution is 0.469. The molecule has 8 heteroatoms. The number of nitrogens with zero attached hydrogens (tertiary/aromatic N) is 1. The lowest BCUT2D eigenvalue weighted by Gasteiger charge is -2.15. The van der Waals surface area contributed by atoms with Gasteiger partial charge in [0.1, 0.15) is 0 Å². The van der Waals surface area contributed by atoms with Crippen LogP contribution in [-0.4, -0.2) is 31.3 Å². The molecule has 0 saturated carbocycles. The summed E-state index contributed by atoms with van der Waals surface area (Å²) in [7, 11) is -1.87. The molecule has 0 radical (unpaired) electrons. The molecule has 2 heterocycles. The molecule has 0 aliphatic carbocycles. The predicted octanol–water partition coefficient (Wildman–Crippen LogP) is 2.77. The van der Waals surface area contributed by atoms with Crippen LogP contribution < -0.4 is 5.32 Å². The highest BCUT2D eigenvalue weighted by Gasteiger charge is 2.22. The number of thiophene rings is 1. The Bertz CT molecular complexity index is 694. The van der Waals surface area contributed by atoms with Gasteiger partial charge in [-0.25, -0.2) is 8.42 Å². The predicted molar refractivity (Wildman–Crippen MR) is 88.8 cm³/mol. The van der Waals surface area contributed by atoms with Crippen molar-refractivity contribution < 1.29 is 8.42 Å². The molecule has 0 aromatic carbocycles. The standard InChI is InChI=1S/C13H18BrN3O2S2/c1-3-15-6-11-5-13(7-16-11)21(18,19)17(2)8-12-4-10(14)9-20-12/h4-5,7,9,15-16H,3,6,8H2,1-2H3. The van der Waals surface area contributed by atoms with E-state index in [1.165, 1.54) is 15.6 Å². The van der Waals surface area contributed by atoms with E-state index in [0.29, 0.717) is 18.0 Å². The van der Waals surface area contributed by atoms with Crippen molar-refractivity contribution in [1.82, 2.24) is 14.6 Å². The Morgan fingerprint density at radius 1 is 1.43 bits per heavy atom. The molecule has 2 N–H and O–H groups in total. The van der Waals surface area contributed by atoms with Crippen molar-refractivity contribution in [3.63, 3.8) is 0 Å². The first-order chi connectivity index (χ1) is 9.93. The highest BCUT2D eigenvalue weighted by atomic mass is 79.9. The van der Waals surface area contributed by atoms with Crippen molar-refractivity contribution in [3.05, 3.63) is 38.8 Å². The minimum absolute atomic E-state index is 0.300. The maximum absolute atomic E-state index is 12.5. The normalized spacial score (nSPS) is 12.2. The summed E-state index contributed by atoms with van der Waals surface area (Å²) in [6.07, 6.45) is 1.54. The Hall–Kier alpha value is -0.670.